The second-order valence-corrected chi connectivity index (χ2v) is 6.58. The molecule has 0 amide bonds. The standard InChI is InChI=1S/C20H23NO2/c1-13(22)17-12-20(2,3)21-18-10-9-14(11-16(17)18)15-7-5-6-8-19(15)23-4/h5-13,21-22H,1-4H3. The lowest BCUT2D eigenvalue weighted by Gasteiger charge is -2.33. The van der Waals surface area contributed by atoms with Crippen molar-refractivity contribution < 1.29 is 9.84 Å². The third kappa shape index (κ3) is 2.97. The summed E-state index contributed by atoms with van der Waals surface area (Å²) < 4.78 is 5.47. The van der Waals surface area contributed by atoms with Crippen LogP contribution in [0.5, 0.6) is 5.75 Å². The van der Waals surface area contributed by atoms with Gasteiger partial charge in [-0.05, 0) is 50.1 Å². The van der Waals surface area contributed by atoms with Gasteiger partial charge in [-0.15, -0.1) is 0 Å². The molecule has 0 fully saturated rings. The van der Waals surface area contributed by atoms with Gasteiger partial charge in [0.05, 0.1) is 18.8 Å². The first kappa shape index (κ1) is 15.6. The first-order chi connectivity index (χ1) is 10.9. The minimum atomic E-state index is -0.511. The molecule has 23 heavy (non-hydrogen) atoms. The second kappa shape index (κ2) is 5.74. The zero-order chi connectivity index (χ0) is 16.6. The monoisotopic (exact) mass is 309 g/mol. The van der Waals surface area contributed by atoms with Crippen molar-refractivity contribution >= 4 is 11.3 Å². The first-order valence-electron chi connectivity index (χ1n) is 7.88. The normalized spacial score (nSPS) is 16.8. The van der Waals surface area contributed by atoms with Crippen LogP contribution in [-0.2, 0) is 0 Å². The summed E-state index contributed by atoms with van der Waals surface area (Å²) in [7, 11) is 1.68. The van der Waals surface area contributed by atoms with E-state index in [9.17, 15) is 5.11 Å². The summed E-state index contributed by atoms with van der Waals surface area (Å²) in [5, 5.41) is 13.7. The number of benzene rings is 2. The van der Waals surface area contributed by atoms with Crippen LogP contribution in [0.1, 0.15) is 26.3 Å². The molecule has 2 N–H and O–H groups in total. The van der Waals surface area contributed by atoms with E-state index in [0.717, 1.165) is 33.7 Å². The van der Waals surface area contributed by atoms with Crippen LogP contribution in [0, 0.1) is 0 Å². The van der Waals surface area contributed by atoms with E-state index in [0.29, 0.717) is 0 Å². The van der Waals surface area contributed by atoms with Crippen LogP contribution in [0.25, 0.3) is 16.7 Å². The van der Waals surface area contributed by atoms with Gasteiger partial charge in [0, 0.05) is 16.8 Å². The molecule has 0 aliphatic carbocycles. The number of aliphatic hydroxyl groups excluding tert-OH is 1. The highest BCUT2D eigenvalue weighted by Gasteiger charge is 2.26. The highest BCUT2D eigenvalue weighted by atomic mass is 16.5. The number of ether oxygens (including phenoxy) is 1. The molecular weight excluding hydrogens is 286 g/mol. The fourth-order valence-electron chi connectivity index (χ4n) is 3.14. The van der Waals surface area contributed by atoms with Gasteiger partial charge in [-0.3, -0.25) is 0 Å². The highest BCUT2D eigenvalue weighted by molar-refractivity contribution is 5.86. The average Bonchev–Trinajstić information content (AvgIpc) is 2.52. The summed E-state index contributed by atoms with van der Waals surface area (Å²) in [5.74, 6) is 0.846. The lowest BCUT2D eigenvalue weighted by atomic mass is 9.86. The van der Waals surface area contributed by atoms with E-state index in [-0.39, 0.29) is 5.54 Å². The van der Waals surface area contributed by atoms with Gasteiger partial charge in [0.2, 0.25) is 0 Å². The number of aliphatic hydroxyl groups is 1. The summed E-state index contributed by atoms with van der Waals surface area (Å²) in [6, 6.07) is 14.3. The maximum Gasteiger partial charge on any atom is 0.126 e. The number of rotatable bonds is 3. The molecule has 1 aliphatic heterocycles. The fourth-order valence-corrected chi connectivity index (χ4v) is 3.14. The Kier molecular flexibility index (Phi) is 3.90. The first-order valence-corrected chi connectivity index (χ1v) is 7.88. The molecule has 1 unspecified atom stereocenters. The molecule has 120 valence electrons. The third-order valence-electron chi connectivity index (χ3n) is 4.17. The van der Waals surface area contributed by atoms with Crippen LogP contribution in [0.15, 0.2) is 48.5 Å². The Morgan fingerprint density at radius 2 is 1.83 bits per heavy atom. The minimum Gasteiger partial charge on any atom is -0.496 e. The quantitative estimate of drug-likeness (QED) is 0.886. The molecule has 1 heterocycles. The molecule has 1 atom stereocenters. The zero-order valence-electron chi connectivity index (χ0n) is 14.1. The Morgan fingerprint density at radius 1 is 1.09 bits per heavy atom. The van der Waals surface area contributed by atoms with Crippen molar-refractivity contribution in [3.05, 3.63) is 54.1 Å². The summed E-state index contributed by atoms with van der Waals surface area (Å²) in [4.78, 5) is 0. The zero-order valence-corrected chi connectivity index (χ0v) is 14.1. The largest absolute Gasteiger partial charge is 0.496 e. The van der Waals surface area contributed by atoms with Crippen molar-refractivity contribution in [1.29, 1.82) is 0 Å². The lowest BCUT2D eigenvalue weighted by molar-refractivity contribution is 0.252. The van der Waals surface area contributed by atoms with Gasteiger partial charge >= 0.3 is 0 Å². The van der Waals surface area contributed by atoms with Crippen LogP contribution in [0.4, 0.5) is 5.69 Å². The SMILES string of the molecule is COc1ccccc1-c1ccc2c(c1)C(C(C)O)=CC(C)(C)N2. The predicted molar refractivity (Wildman–Crippen MR) is 95.8 cm³/mol. The Morgan fingerprint density at radius 3 is 2.52 bits per heavy atom. The Labute approximate surface area is 137 Å². The Bertz CT molecular complexity index is 760. The number of hydrogen-bond acceptors (Lipinski definition) is 3. The summed E-state index contributed by atoms with van der Waals surface area (Å²) in [6.07, 6.45) is 1.59. The second-order valence-electron chi connectivity index (χ2n) is 6.58. The van der Waals surface area contributed by atoms with Crippen LogP contribution in [0.3, 0.4) is 0 Å². The number of hydrogen-bond donors (Lipinski definition) is 2. The van der Waals surface area contributed by atoms with Crippen molar-refractivity contribution in [3.63, 3.8) is 0 Å². The molecule has 1 aliphatic rings. The van der Waals surface area contributed by atoms with Gasteiger partial charge in [-0.25, -0.2) is 0 Å². The van der Waals surface area contributed by atoms with E-state index in [1.54, 1.807) is 7.11 Å². The number of fused-ring (bicyclic) bond motifs is 1. The van der Waals surface area contributed by atoms with E-state index in [1.807, 2.05) is 31.2 Å². The lowest BCUT2D eigenvalue weighted by Crippen LogP contribution is -2.33. The Hall–Kier alpha value is -2.26. The van der Waals surface area contributed by atoms with Gasteiger partial charge in [0.15, 0.2) is 0 Å². The number of anilines is 1. The van der Waals surface area contributed by atoms with E-state index < -0.39 is 6.10 Å². The van der Waals surface area contributed by atoms with E-state index in [4.69, 9.17) is 4.74 Å². The third-order valence-corrected chi connectivity index (χ3v) is 4.17. The maximum absolute atomic E-state index is 10.2. The van der Waals surface area contributed by atoms with Crippen LogP contribution in [-0.4, -0.2) is 23.9 Å². The van der Waals surface area contributed by atoms with Crippen molar-refractivity contribution in [2.75, 3.05) is 12.4 Å². The summed E-state index contributed by atoms with van der Waals surface area (Å²) in [6.45, 7) is 6.02. The van der Waals surface area contributed by atoms with Gasteiger partial charge in [-0.1, -0.05) is 30.3 Å². The molecule has 0 aromatic heterocycles. The molecule has 2 aromatic carbocycles. The molecule has 0 spiro atoms. The molecule has 0 saturated carbocycles. The van der Waals surface area contributed by atoms with Gasteiger partial charge in [0.25, 0.3) is 0 Å². The Balaban J connectivity index is 2.14. The highest BCUT2D eigenvalue weighted by Crippen LogP contribution is 2.39. The fraction of sp³-hybridized carbons (Fsp3) is 0.300. The van der Waals surface area contributed by atoms with E-state index in [2.05, 4.69) is 43.4 Å². The molecule has 0 bridgehead atoms. The summed E-state index contributed by atoms with van der Waals surface area (Å²) in [5.41, 5.74) is 5.00. The van der Waals surface area contributed by atoms with Crippen molar-refractivity contribution in [2.24, 2.45) is 0 Å². The van der Waals surface area contributed by atoms with Crippen molar-refractivity contribution in [3.8, 4) is 16.9 Å². The van der Waals surface area contributed by atoms with Gasteiger partial charge < -0.3 is 15.2 Å². The molecule has 3 heteroatoms. The molecule has 2 aromatic rings. The number of para-hydroxylation sites is 1. The topological polar surface area (TPSA) is 41.5 Å². The predicted octanol–water partition coefficient (Wildman–Crippen LogP) is 4.33. The van der Waals surface area contributed by atoms with Crippen LogP contribution >= 0.6 is 0 Å². The molecule has 0 radical (unpaired) electrons. The van der Waals surface area contributed by atoms with E-state index in [1.165, 1.54) is 0 Å². The van der Waals surface area contributed by atoms with Crippen LogP contribution < -0.4 is 10.1 Å². The number of methoxy groups -OCH3 is 1. The summed E-state index contributed by atoms with van der Waals surface area (Å²) >= 11 is 0. The van der Waals surface area contributed by atoms with Gasteiger partial charge in [0.1, 0.15) is 5.75 Å². The molecular formula is C20H23NO2. The molecule has 0 saturated heterocycles. The molecule has 3 nitrogen and oxygen atoms in total. The van der Waals surface area contributed by atoms with Crippen molar-refractivity contribution in [2.45, 2.75) is 32.4 Å². The van der Waals surface area contributed by atoms with E-state index >= 15 is 0 Å². The molecule has 3 rings (SSSR count). The van der Waals surface area contributed by atoms with Crippen LogP contribution in [0.2, 0.25) is 0 Å². The van der Waals surface area contributed by atoms with Gasteiger partial charge in [-0.2, -0.15) is 0 Å². The number of nitrogens with one attached hydrogen (secondary N) is 1. The maximum atomic E-state index is 10.2. The smallest absolute Gasteiger partial charge is 0.126 e. The average molecular weight is 309 g/mol. The minimum absolute atomic E-state index is 0.175. The van der Waals surface area contributed by atoms with Crippen molar-refractivity contribution in [1.82, 2.24) is 0 Å².